The van der Waals surface area contributed by atoms with E-state index >= 15 is 0 Å². The maximum absolute atomic E-state index is 12.5. The summed E-state index contributed by atoms with van der Waals surface area (Å²) in [6.07, 6.45) is 6.24. The summed E-state index contributed by atoms with van der Waals surface area (Å²) in [5.74, 6) is 0.866. The van der Waals surface area contributed by atoms with Gasteiger partial charge in [-0.2, -0.15) is 0 Å². The van der Waals surface area contributed by atoms with E-state index in [1.165, 1.54) is 16.9 Å². The van der Waals surface area contributed by atoms with E-state index in [1.54, 1.807) is 34.8 Å². The molecule has 0 aliphatic heterocycles. The SMILES string of the molecule is C=CCn1c(SCCc2ccncc2)nc2sccc2c1=O. The van der Waals surface area contributed by atoms with Crippen molar-refractivity contribution in [2.45, 2.75) is 18.1 Å². The Morgan fingerprint density at radius 2 is 2.14 bits per heavy atom. The molecule has 0 saturated carbocycles. The first-order valence-electron chi connectivity index (χ1n) is 6.90. The fourth-order valence-corrected chi connectivity index (χ4v) is 3.94. The number of aryl methyl sites for hydroxylation is 1. The van der Waals surface area contributed by atoms with E-state index in [9.17, 15) is 4.79 Å². The second-order valence-corrected chi connectivity index (χ2v) is 6.65. The van der Waals surface area contributed by atoms with Crippen molar-refractivity contribution in [3.63, 3.8) is 0 Å². The Balaban J connectivity index is 1.84. The van der Waals surface area contributed by atoms with Crippen molar-refractivity contribution in [2.24, 2.45) is 0 Å². The molecule has 3 aromatic heterocycles. The third kappa shape index (κ3) is 3.13. The number of thiophene rings is 1. The fraction of sp³-hybridized carbons (Fsp3) is 0.188. The van der Waals surface area contributed by atoms with Crippen LogP contribution < -0.4 is 5.56 Å². The molecule has 112 valence electrons. The van der Waals surface area contributed by atoms with Crippen LogP contribution in [-0.2, 0) is 13.0 Å². The maximum Gasteiger partial charge on any atom is 0.263 e. The van der Waals surface area contributed by atoms with Crippen LogP contribution >= 0.6 is 23.1 Å². The molecule has 0 radical (unpaired) electrons. The normalized spacial score (nSPS) is 10.9. The highest BCUT2D eigenvalue weighted by Crippen LogP contribution is 2.21. The zero-order valence-corrected chi connectivity index (χ0v) is 13.6. The molecule has 0 aliphatic rings. The lowest BCUT2D eigenvalue weighted by atomic mass is 10.2. The van der Waals surface area contributed by atoms with Crippen LogP contribution in [0.2, 0.25) is 0 Å². The van der Waals surface area contributed by atoms with Gasteiger partial charge in [0.05, 0.1) is 5.39 Å². The van der Waals surface area contributed by atoms with E-state index in [0.29, 0.717) is 11.9 Å². The Morgan fingerprint density at radius 1 is 1.32 bits per heavy atom. The summed E-state index contributed by atoms with van der Waals surface area (Å²) in [4.78, 5) is 21.9. The summed E-state index contributed by atoms with van der Waals surface area (Å²) in [7, 11) is 0. The van der Waals surface area contributed by atoms with E-state index in [2.05, 4.69) is 16.5 Å². The average Bonchev–Trinajstić information content (AvgIpc) is 3.01. The first-order chi connectivity index (χ1) is 10.8. The Hall–Kier alpha value is -1.92. The Labute approximate surface area is 136 Å². The van der Waals surface area contributed by atoms with Gasteiger partial charge in [-0.05, 0) is 35.6 Å². The lowest BCUT2D eigenvalue weighted by molar-refractivity contribution is 0.673. The number of hydrogen-bond acceptors (Lipinski definition) is 5. The molecule has 22 heavy (non-hydrogen) atoms. The van der Waals surface area contributed by atoms with Crippen molar-refractivity contribution in [3.05, 3.63) is 64.5 Å². The summed E-state index contributed by atoms with van der Waals surface area (Å²) < 4.78 is 1.69. The van der Waals surface area contributed by atoms with Gasteiger partial charge in [0.2, 0.25) is 0 Å². The van der Waals surface area contributed by atoms with Crippen LogP contribution in [0.1, 0.15) is 5.56 Å². The molecule has 3 heterocycles. The molecule has 4 nitrogen and oxygen atoms in total. The number of hydrogen-bond donors (Lipinski definition) is 0. The molecule has 6 heteroatoms. The van der Waals surface area contributed by atoms with Crippen LogP contribution in [0.3, 0.4) is 0 Å². The predicted molar refractivity (Wildman–Crippen MR) is 92.7 cm³/mol. The second-order valence-electron chi connectivity index (χ2n) is 4.69. The number of fused-ring (bicyclic) bond motifs is 1. The van der Waals surface area contributed by atoms with E-state index in [4.69, 9.17) is 0 Å². The first-order valence-corrected chi connectivity index (χ1v) is 8.77. The smallest absolute Gasteiger partial charge is 0.263 e. The first kappa shape index (κ1) is 15.0. The number of allylic oxidation sites excluding steroid dienone is 1. The number of nitrogens with zero attached hydrogens (tertiary/aromatic N) is 3. The van der Waals surface area contributed by atoms with Gasteiger partial charge in [-0.3, -0.25) is 14.3 Å². The summed E-state index contributed by atoms with van der Waals surface area (Å²) >= 11 is 3.10. The summed E-state index contributed by atoms with van der Waals surface area (Å²) in [6.45, 7) is 4.21. The van der Waals surface area contributed by atoms with Crippen molar-refractivity contribution in [3.8, 4) is 0 Å². The van der Waals surface area contributed by atoms with Crippen molar-refractivity contribution < 1.29 is 0 Å². The minimum absolute atomic E-state index is 0.0116. The van der Waals surface area contributed by atoms with Crippen molar-refractivity contribution in [1.29, 1.82) is 0 Å². The molecule has 0 saturated heterocycles. The number of pyridine rings is 1. The standard InChI is InChI=1S/C16H15N3OS2/c1-2-9-19-15(20)13-6-11-21-14(13)18-16(19)22-10-5-12-3-7-17-8-4-12/h2-4,6-8,11H,1,5,9-10H2. The molecular formula is C16H15N3OS2. The van der Waals surface area contributed by atoms with Gasteiger partial charge in [-0.15, -0.1) is 17.9 Å². The van der Waals surface area contributed by atoms with Gasteiger partial charge in [0, 0.05) is 24.7 Å². The third-order valence-electron chi connectivity index (χ3n) is 3.23. The summed E-state index contributed by atoms with van der Waals surface area (Å²) in [5.41, 5.74) is 1.25. The Kier molecular flexibility index (Phi) is 4.70. The molecule has 0 N–H and O–H groups in total. The highest BCUT2D eigenvalue weighted by Gasteiger charge is 2.11. The molecule has 0 amide bonds. The van der Waals surface area contributed by atoms with Gasteiger partial charge in [0.15, 0.2) is 5.16 Å². The third-order valence-corrected chi connectivity index (χ3v) is 5.02. The minimum atomic E-state index is 0.0116. The van der Waals surface area contributed by atoms with E-state index in [-0.39, 0.29) is 5.56 Å². The zero-order valence-electron chi connectivity index (χ0n) is 11.9. The van der Waals surface area contributed by atoms with Crippen LogP contribution in [0, 0.1) is 0 Å². The number of aromatic nitrogens is 3. The van der Waals surface area contributed by atoms with Gasteiger partial charge in [-0.1, -0.05) is 17.8 Å². The molecule has 3 rings (SSSR count). The summed E-state index contributed by atoms with van der Waals surface area (Å²) in [6, 6.07) is 5.85. The fourth-order valence-electron chi connectivity index (χ4n) is 2.14. The number of rotatable bonds is 6. The van der Waals surface area contributed by atoms with Crippen molar-refractivity contribution in [1.82, 2.24) is 14.5 Å². The molecular weight excluding hydrogens is 314 g/mol. The summed E-state index contributed by atoms with van der Waals surface area (Å²) in [5, 5.41) is 3.35. The van der Waals surface area contributed by atoms with Gasteiger partial charge in [-0.25, -0.2) is 4.98 Å². The van der Waals surface area contributed by atoms with Gasteiger partial charge in [0.1, 0.15) is 4.83 Å². The largest absolute Gasteiger partial charge is 0.283 e. The monoisotopic (exact) mass is 329 g/mol. The molecule has 0 fully saturated rings. The molecule has 3 aromatic rings. The van der Waals surface area contributed by atoms with Gasteiger partial charge >= 0.3 is 0 Å². The van der Waals surface area contributed by atoms with Crippen molar-refractivity contribution in [2.75, 3.05) is 5.75 Å². The maximum atomic E-state index is 12.5. The van der Waals surface area contributed by atoms with Crippen LogP contribution in [0.25, 0.3) is 10.2 Å². The van der Waals surface area contributed by atoms with E-state index < -0.39 is 0 Å². The Bertz CT molecular complexity index is 839. The highest BCUT2D eigenvalue weighted by molar-refractivity contribution is 7.99. The van der Waals surface area contributed by atoms with Crippen LogP contribution in [-0.4, -0.2) is 20.3 Å². The molecule has 0 aliphatic carbocycles. The lowest BCUT2D eigenvalue weighted by Gasteiger charge is -2.09. The molecule has 0 bridgehead atoms. The van der Waals surface area contributed by atoms with Crippen LogP contribution in [0.15, 0.2) is 58.6 Å². The molecule has 0 spiro atoms. The quantitative estimate of drug-likeness (QED) is 0.395. The highest BCUT2D eigenvalue weighted by atomic mass is 32.2. The molecule has 0 atom stereocenters. The number of thioether (sulfide) groups is 1. The topological polar surface area (TPSA) is 47.8 Å². The van der Waals surface area contributed by atoms with Gasteiger partial charge in [0.25, 0.3) is 5.56 Å². The van der Waals surface area contributed by atoms with Crippen LogP contribution in [0.5, 0.6) is 0 Å². The van der Waals surface area contributed by atoms with Crippen molar-refractivity contribution >= 4 is 33.3 Å². The van der Waals surface area contributed by atoms with E-state index in [0.717, 1.165) is 22.2 Å². The van der Waals surface area contributed by atoms with Crippen LogP contribution in [0.4, 0.5) is 0 Å². The molecule has 0 aromatic carbocycles. The molecule has 0 unspecified atom stereocenters. The Morgan fingerprint density at radius 3 is 2.91 bits per heavy atom. The zero-order chi connectivity index (χ0) is 15.4. The minimum Gasteiger partial charge on any atom is -0.283 e. The average molecular weight is 329 g/mol. The van der Waals surface area contributed by atoms with E-state index in [1.807, 2.05) is 23.6 Å². The second kappa shape index (κ2) is 6.89. The van der Waals surface area contributed by atoms with Gasteiger partial charge < -0.3 is 0 Å². The lowest BCUT2D eigenvalue weighted by Crippen LogP contribution is -2.22. The predicted octanol–water partition coefficient (Wildman–Crippen LogP) is 3.37.